The molecule has 3 rings (SSSR count). The van der Waals surface area contributed by atoms with Gasteiger partial charge in [-0.25, -0.2) is 17.9 Å². The molecule has 0 saturated heterocycles. The van der Waals surface area contributed by atoms with Gasteiger partial charge in [-0.1, -0.05) is 5.92 Å². The van der Waals surface area contributed by atoms with Gasteiger partial charge >= 0.3 is 5.69 Å². The van der Waals surface area contributed by atoms with Crippen molar-refractivity contribution in [1.82, 2.24) is 13.9 Å². The average Bonchev–Trinajstić information content (AvgIpc) is 3.13. The number of aromatic nitrogens is 2. The Bertz CT molecular complexity index is 956. The normalized spacial score (nSPS) is 16.6. The van der Waals surface area contributed by atoms with Gasteiger partial charge in [0, 0.05) is 12.6 Å². The summed E-state index contributed by atoms with van der Waals surface area (Å²) in [6, 6.07) is 4.64. The Kier molecular flexibility index (Phi) is 3.20. The zero-order valence-electron chi connectivity index (χ0n) is 12.5. The minimum absolute atomic E-state index is 0.151. The first-order valence-electron chi connectivity index (χ1n) is 6.94. The van der Waals surface area contributed by atoms with Crippen LogP contribution in [0, 0.1) is 12.3 Å². The molecule has 22 heavy (non-hydrogen) atoms. The van der Waals surface area contributed by atoms with Crippen LogP contribution in [-0.4, -0.2) is 23.1 Å². The Morgan fingerprint density at radius 1 is 1.36 bits per heavy atom. The number of terminal acetylenes is 1. The first kappa shape index (κ1) is 14.9. The first-order chi connectivity index (χ1) is 10.3. The van der Waals surface area contributed by atoms with Gasteiger partial charge in [0.1, 0.15) is 0 Å². The summed E-state index contributed by atoms with van der Waals surface area (Å²) < 4.78 is 30.4. The van der Waals surface area contributed by atoms with Crippen LogP contribution in [0.5, 0.6) is 0 Å². The number of fused-ring (bicyclic) bond motifs is 1. The van der Waals surface area contributed by atoms with E-state index in [4.69, 9.17) is 6.42 Å². The Balaban J connectivity index is 2.13. The van der Waals surface area contributed by atoms with E-state index in [0.29, 0.717) is 11.0 Å². The molecule has 0 aliphatic heterocycles. The molecule has 0 bridgehead atoms. The molecule has 1 aromatic carbocycles. The van der Waals surface area contributed by atoms with Crippen molar-refractivity contribution < 1.29 is 8.42 Å². The van der Waals surface area contributed by atoms with Crippen LogP contribution in [-0.2, 0) is 23.6 Å². The monoisotopic (exact) mass is 319 g/mol. The van der Waals surface area contributed by atoms with Gasteiger partial charge in [0.25, 0.3) is 0 Å². The molecule has 1 aromatic heterocycles. The van der Waals surface area contributed by atoms with Gasteiger partial charge in [0.05, 0.1) is 22.5 Å². The lowest BCUT2D eigenvalue weighted by Crippen LogP contribution is -2.34. The molecule has 1 aliphatic carbocycles. The molecule has 0 atom stereocenters. The molecule has 2 aromatic rings. The van der Waals surface area contributed by atoms with Crippen LogP contribution in [0.3, 0.4) is 0 Å². The Labute approximate surface area is 128 Å². The molecule has 1 aliphatic rings. The third kappa shape index (κ3) is 2.34. The van der Waals surface area contributed by atoms with Crippen LogP contribution in [0.4, 0.5) is 0 Å². The van der Waals surface area contributed by atoms with E-state index in [9.17, 15) is 13.2 Å². The highest BCUT2D eigenvalue weighted by molar-refractivity contribution is 7.89. The van der Waals surface area contributed by atoms with Gasteiger partial charge in [-0.2, -0.15) is 0 Å². The molecule has 0 spiro atoms. The minimum Gasteiger partial charge on any atom is -0.295 e. The number of hydrogen-bond donors (Lipinski definition) is 1. The third-order valence-corrected chi connectivity index (χ3v) is 5.69. The quantitative estimate of drug-likeness (QED) is 0.847. The topological polar surface area (TPSA) is 73.1 Å². The molecule has 1 heterocycles. The van der Waals surface area contributed by atoms with Crippen molar-refractivity contribution >= 4 is 21.1 Å². The van der Waals surface area contributed by atoms with Gasteiger partial charge in [-0.3, -0.25) is 9.13 Å². The standard InChI is InChI=1S/C15H17N3O3S/c1-4-9-18-12-6-5-11(10-13(12)17(3)14(18)19)22(20,21)16-15(2)7-8-15/h1,5-6,10,16H,7-9H2,2-3H3. The van der Waals surface area contributed by atoms with Gasteiger partial charge in [-0.05, 0) is 38.0 Å². The largest absolute Gasteiger partial charge is 0.329 e. The summed E-state index contributed by atoms with van der Waals surface area (Å²) in [7, 11) is -1.99. The van der Waals surface area contributed by atoms with E-state index in [2.05, 4.69) is 10.6 Å². The highest BCUT2D eigenvalue weighted by atomic mass is 32.2. The fourth-order valence-electron chi connectivity index (χ4n) is 2.47. The van der Waals surface area contributed by atoms with Crippen LogP contribution in [0.25, 0.3) is 11.0 Å². The van der Waals surface area contributed by atoms with E-state index in [0.717, 1.165) is 12.8 Å². The number of nitrogens with zero attached hydrogens (tertiary/aromatic N) is 2. The molecule has 1 saturated carbocycles. The lowest BCUT2D eigenvalue weighted by molar-refractivity contribution is 0.558. The second-order valence-corrected chi connectivity index (χ2v) is 7.63. The average molecular weight is 319 g/mol. The smallest absolute Gasteiger partial charge is 0.295 e. The molecular formula is C15H17N3O3S. The predicted molar refractivity (Wildman–Crippen MR) is 84.0 cm³/mol. The van der Waals surface area contributed by atoms with Gasteiger partial charge in [0.2, 0.25) is 10.0 Å². The lowest BCUT2D eigenvalue weighted by Gasteiger charge is -2.12. The van der Waals surface area contributed by atoms with E-state index in [1.807, 2.05) is 6.92 Å². The summed E-state index contributed by atoms with van der Waals surface area (Å²) >= 11 is 0. The predicted octanol–water partition coefficient (Wildman–Crippen LogP) is 0.804. The minimum atomic E-state index is -3.59. The van der Waals surface area contributed by atoms with Crippen molar-refractivity contribution in [2.75, 3.05) is 0 Å². The van der Waals surface area contributed by atoms with Crippen molar-refractivity contribution in [3.63, 3.8) is 0 Å². The maximum atomic E-state index is 12.4. The molecule has 0 amide bonds. The van der Waals surface area contributed by atoms with Crippen LogP contribution in [0.1, 0.15) is 19.8 Å². The maximum Gasteiger partial charge on any atom is 0.329 e. The van der Waals surface area contributed by atoms with Gasteiger partial charge in [-0.15, -0.1) is 6.42 Å². The van der Waals surface area contributed by atoms with E-state index in [1.165, 1.54) is 21.3 Å². The summed E-state index contributed by atoms with van der Waals surface area (Å²) in [5.74, 6) is 2.43. The van der Waals surface area contributed by atoms with E-state index < -0.39 is 10.0 Å². The number of benzene rings is 1. The number of aryl methyl sites for hydroxylation is 1. The number of imidazole rings is 1. The molecule has 7 heteroatoms. The van der Waals surface area contributed by atoms with E-state index >= 15 is 0 Å². The second-order valence-electron chi connectivity index (χ2n) is 5.95. The highest BCUT2D eigenvalue weighted by Gasteiger charge is 2.41. The fraction of sp³-hybridized carbons (Fsp3) is 0.400. The molecular weight excluding hydrogens is 302 g/mol. The van der Waals surface area contributed by atoms with Crippen molar-refractivity contribution in [3.05, 3.63) is 28.7 Å². The van der Waals surface area contributed by atoms with Gasteiger partial charge < -0.3 is 0 Å². The zero-order valence-corrected chi connectivity index (χ0v) is 13.3. The summed E-state index contributed by atoms with van der Waals surface area (Å²) in [5.41, 5.74) is 0.574. The van der Waals surface area contributed by atoms with E-state index in [1.54, 1.807) is 13.1 Å². The molecule has 1 fully saturated rings. The molecule has 6 nitrogen and oxygen atoms in total. The Hall–Kier alpha value is -2.04. The summed E-state index contributed by atoms with van der Waals surface area (Å²) in [6.45, 7) is 2.03. The van der Waals surface area contributed by atoms with Crippen LogP contribution < -0.4 is 10.4 Å². The zero-order chi connectivity index (χ0) is 16.1. The number of hydrogen-bond acceptors (Lipinski definition) is 3. The molecule has 1 N–H and O–H groups in total. The van der Waals surface area contributed by atoms with Crippen molar-refractivity contribution in [2.24, 2.45) is 7.05 Å². The Morgan fingerprint density at radius 3 is 2.64 bits per heavy atom. The maximum absolute atomic E-state index is 12.4. The fourth-order valence-corrected chi connectivity index (χ4v) is 3.96. The van der Waals surface area contributed by atoms with Crippen LogP contribution in [0.2, 0.25) is 0 Å². The third-order valence-electron chi connectivity index (χ3n) is 4.06. The summed E-state index contributed by atoms with van der Waals surface area (Å²) in [4.78, 5) is 12.3. The lowest BCUT2D eigenvalue weighted by atomic mass is 10.3. The van der Waals surface area contributed by atoms with Crippen molar-refractivity contribution in [1.29, 1.82) is 0 Å². The molecule has 116 valence electrons. The Morgan fingerprint density at radius 2 is 2.05 bits per heavy atom. The molecule has 0 radical (unpaired) electrons. The highest BCUT2D eigenvalue weighted by Crippen LogP contribution is 2.36. The SMILES string of the molecule is C#CCn1c(=O)n(C)c2cc(S(=O)(=O)NC3(C)CC3)ccc21. The number of rotatable bonds is 4. The van der Waals surface area contributed by atoms with Crippen LogP contribution in [0.15, 0.2) is 27.9 Å². The van der Waals surface area contributed by atoms with Crippen LogP contribution >= 0.6 is 0 Å². The first-order valence-corrected chi connectivity index (χ1v) is 8.42. The van der Waals surface area contributed by atoms with Gasteiger partial charge in [0.15, 0.2) is 0 Å². The van der Waals surface area contributed by atoms with E-state index in [-0.39, 0.29) is 22.7 Å². The number of sulfonamides is 1. The summed E-state index contributed by atoms with van der Waals surface area (Å²) in [6.07, 6.45) is 6.96. The molecule has 0 unspecified atom stereocenters. The summed E-state index contributed by atoms with van der Waals surface area (Å²) in [5, 5.41) is 0. The second kappa shape index (κ2) is 4.73. The van der Waals surface area contributed by atoms with Crippen molar-refractivity contribution in [3.8, 4) is 12.3 Å². The number of nitrogens with one attached hydrogen (secondary N) is 1. The van der Waals surface area contributed by atoms with Crippen molar-refractivity contribution in [2.45, 2.75) is 36.7 Å².